The van der Waals surface area contributed by atoms with Crippen LogP contribution in [0.1, 0.15) is 39.5 Å². The molecule has 0 radical (unpaired) electrons. The maximum absolute atomic E-state index is 12.9. The predicted octanol–water partition coefficient (Wildman–Crippen LogP) is -1.49. The fourth-order valence-electron chi connectivity index (χ4n) is 2.61. The van der Waals surface area contributed by atoms with Gasteiger partial charge in [0.1, 0.15) is 24.2 Å². The van der Waals surface area contributed by atoms with Gasteiger partial charge in [-0.15, -0.1) is 0 Å². The van der Waals surface area contributed by atoms with E-state index in [1.807, 2.05) is 6.26 Å². The van der Waals surface area contributed by atoms with E-state index in [4.69, 9.17) is 15.9 Å². The average Bonchev–Trinajstić information content (AvgIpc) is 2.75. The summed E-state index contributed by atoms with van der Waals surface area (Å²) in [5.74, 6) is -4.61. The van der Waals surface area contributed by atoms with Crippen LogP contribution < -0.4 is 21.7 Å². The number of nitrogens with two attached hydrogens (primary N) is 1. The van der Waals surface area contributed by atoms with Crippen LogP contribution in [-0.2, 0) is 24.0 Å². The van der Waals surface area contributed by atoms with E-state index in [9.17, 15) is 29.1 Å². The van der Waals surface area contributed by atoms with Crippen molar-refractivity contribution in [3.05, 3.63) is 0 Å². The van der Waals surface area contributed by atoms with Crippen LogP contribution >= 0.6 is 11.8 Å². The third-order valence-corrected chi connectivity index (χ3v) is 5.48. The van der Waals surface area contributed by atoms with Gasteiger partial charge >= 0.3 is 11.9 Å². The van der Waals surface area contributed by atoms with Gasteiger partial charge in [0, 0.05) is 6.42 Å². The zero-order chi connectivity index (χ0) is 24.8. The molecule has 0 aliphatic rings. The number of carbonyl (C=O) groups is 5. The lowest BCUT2D eigenvalue weighted by Crippen LogP contribution is -2.59. The fourth-order valence-corrected chi connectivity index (χ4v) is 3.08. The number of carboxylic acid groups (broad SMARTS) is 2. The van der Waals surface area contributed by atoms with Crippen molar-refractivity contribution in [1.29, 1.82) is 0 Å². The van der Waals surface area contributed by atoms with Gasteiger partial charge in [-0.1, -0.05) is 20.3 Å². The SMILES string of the molecule is CCC(C)C(NC(=O)C(CCSC)NC(=O)C(N)CO)C(=O)NC(CCC(=O)O)C(=O)O. The zero-order valence-corrected chi connectivity index (χ0v) is 19.3. The summed E-state index contributed by atoms with van der Waals surface area (Å²) in [6, 6.07) is -4.77. The molecule has 5 unspecified atom stereocenters. The first kappa shape index (κ1) is 29.6. The van der Waals surface area contributed by atoms with Crippen LogP contribution in [0.25, 0.3) is 0 Å². The minimum Gasteiger partial charge on any atom is -0.481 e. The minimum absolute atomic E-state index is 0.238. The second kappa shape index (κ2) is 15.4. The van der Waals surface area contributed by atoms with E-state index in [2.05, 4.69) is 16.0 Å². The summed E-state index contributed by atoms with van der Waals surface area (Å²) < 4.78 is 0. The van der Waals surface area contributed by atoms with E-state index < -0.39 is 66.9 Å². The Bertz CT molecular complexity index is 663. The predicted molar refractivity (Wildman–Crippen MR) is 118 cm³/mol. The van der Waals surface area contributed by atoms with Crippen LogP contribution in [0.15, 0.2) is 0 Å². The van der Waals surface area contributed by atoms with Gasteiger partial charge in [-0.05, 0) is 30.8 Å². The van der Waals surface area contributed by atoms with Gasteiger partial charge in [0.15, 0.2) is 0 Å². The molecule has 32 heavy (non-hydrogen) atoms. The summed E-state index contributed by atoms with van der Waals surface area (Å²) in [7, 11) is 0. The number of hydrogen-bond acceptors (Lipinski definition) is 8. The highest BCUT2D eigenvalue weighted by atomic mass is 32.2. The first-order valence-corrected chi connectivity index (χ1v) is 11.6. The molecular formula is C19H34N4O8S. The number of nitrogens with one attached hydrogen (secondary N) is 3. The third-order valence-electron chi connectivity index (χ3n) is 4.83. The molecule has 12 nitrogen and oxygen atoms in total. The Kier molecular flexibility index (Phi) is 14.3. The first-order chi connectivity index (χ1) is 15.0. The molecule has 0 rings (SSSR count). The summed E-state index contributed by atoms with van der Waals surface area (Å²) in [5, 5.41) is 34.4. The van der Waals surface area contributed by atoms with Gasteiger partial charge < -0.3 is 37.0 Å². The van der Waals surface area contributed by atoms with Crippen LogP contribution in [0, 0.1) is 5.92 Å². The molecule has 0 aromatic carbocycles. The molecule has 184 valence electrons. The summed E-state index contributed by atoms with van der Waals surface area (Å²) in [4.78, 5) is 59.8. The number of thioether (sulfide) groups is 1. The molecule has 0 bridgehead atoms. The minimum atomic E-state index is -1.43. The Labute approximate surface area is 191 Å². The number of carboxylic acids is 2. The highest BCUT2D eigenvalue weighted by molar-refractivity contribution is 7.98. The largest absolute Gasteiger partial charge is 0.481 e. The van der Waals surface area contributed by atoms with Gasteiger partial charge in [0.25, 0.3) is 0 Å². The van der Waals surface area contributed by atoms with Crippen molar-refractivity contribution in [3.63, 3.8) is 0 Å². The molecule has 0 spiro atoms. The van der Waals surface area contributed by atoms with Crippen LogP contribution in [0.4, 0.5) is 0 Å². The molecule has 8 N–H and O–H groups in total. The summed E-state index contributed by atoms with van der Waals surface area (Å²) in [6.07, 6.45) is 1.76. The van der Waals surface area contributed by atoms with Gasteiger partial charge in [-0.2, -0.15) is 11.8 Å². The Balaban J connectivity index is 5.47. The number of aliphatic carboxylic acids is 2. The van der Waals surface area contributed by atoms with E-state index in [1.54, 1.807) is 13.8 Å². The summed E-state index contributed by atoms with van der Waals surface area (Å²) >= 11 is 1.44. The molecule has 0 fully saturated rings. The Morgan fingerprint density at radius 2 is 1.53 bits per heavy atom. The number of carbonyl (C=O) groups excluding carboxylic acids is 3. The quantitative estimate of drug-likeness (QED) is 0.137. The third kappa shape index (κ3) is 10.8. The number of amides is 3. The standard InChI is InChI=1S/C19H34N4O8S/c1-4-10(2)15(18(29)22-13(19(30)31)5-6-14(25)26)23-17(28)12(7-8-32-3)21-16(27)11(20)9-24/h10-13,15,24H,4-9,20H2,1-3H3,(H,21,27)(H,22,29)(H,23,28)(H,25,26)(H,30,31). The van der Waals surface area contributed by atoms with Crippen molar-refractivity contribution < 1.29 is 39.3 Å². The summed E-state index contributed by atoms with van der Waals surface area (Å²) in [5.41, 5.74) is 5.49. The topological polar surface area (TPSA) is 208 Å². The van der Waals surface area contributed by atoms with Crippen LogP contribution in [0.3, 0.4) is 0 Å². The lowest BCUT2D eigenvalue weighted by atomic mass is 9.97. The molecule has 0 aromatic rings. The Morgan fingerprint density at radius 1 is 0.938 bits per heavy atom. The van der Waals surface area contributed by atoms with E-state index in [0.717, 1.165) is 0 Å². The van der Waals surface area contributed by atoms with Gasteiger partial charge in [-0.25, -0.2) is 4.79 Å². The second-order valence-electron chi connectivity index (χ2n) is 7.34. The smallest absolute Gasteiger partial charge is 0.326 e. The van der Waals surface area contributed by atoms with Crippen LogP contribution in [0.5, 0.6) is 0 Å². The maximum Gasteiger partial charge on any atom is 0.326 e. The van der Waals surface area contributed by atoms with Crippen molar-refractivity contribution in [2.75, 3.05) is 18.6 Å². The Hall–Kier alpha value is -2.38. The fraction of sp³-hybridized carbons (Fsp3) is 0.737. The molecule has 0 heterocycles. The lowest BCUT2D eigenvalue weighted by Gasteiger charge is -2.28. The molecule has 0 aromatic heterocycles. The van der Waals surface area contributed by atoms with Crippen LogP contribution in [0.2, 0.25) is 0 Å². The molecule has 0 saturated carbocycles. The van der Waals surface area contributed by atoms with Crippen molar-refractivity contribution in [2.24, 2.45) is 11.7 Å². The van der Waals surface area contributed by atoms with Crippen molar-refractivity contribution >= 4 is 41.4 Å². The number of aliphatic hydroxyl groups is 1. The van der Waals surface area contributed by atoms with E-state index in [1.165, 1.54) is 11.8 Å². The van der Waals surface area contributed by atoms with Crippen molar-refractivity contribution in [1.82, 2.24) is 16.0 Å². The number of rotatable bonds is 16. The Morgan fingerprint density at radius 3 is 2.00 bits per heavy atom. The zero-order valence-electron chi connectivity index (χ0n) is 18.5. The van der Waals surface area contributed by atoms with Crippen LogP contribution in [-0.4, -0.2) is 87.8 Å². The molecule has 3 amide bonds. The molecule has 13 heteroatoms. The number of hydrogen-bond donors (Lipinski definition) is 7. The second-order valence-corrected chi connectivity index (χ2v) is 8.32. The summed E-state index contributed by atoms with van der Waals surface area (Å²) in [6.45, 7) is 2.87. The number of aliphatic hydroxyl groups excluding tert-OH is 1. The maximum atomic E-state index is 12.9. The van der Waals surface area contributed by atoms with E-state index >= 15 is 0 Å². The highest BCUT2D eigenvalue weighted by Gasteiger charge is 2.32. The molecule has 0 saturated heterocycles. The van der Waals surface area contributed by atoms with Gasteiger partial charge in [-0.3, -0.25) is 19.2 Å². The lowest BCUT2D eigenvalue weighted by molar-refractivity contribution is -0.143. The molecule has 5 atom stereocenters. The monoisotopic (exact) mass is 478 g/mol. The highest BCUT2D eigenvalue weighted by Crippen LogP contribution is 2.11. The van der Waals surface area contributed by atoms with Crippen molar-refractivity contribution in [2.45, 2.75) is 63.7 Å². The van der Waals surface area contributed by atoms with Gasteiger partial charge in [0.2, 0.25) is 17.7 Å². The first-order valence-electron chi connectivity index (χ1n) is 10.2. The molecular weight excluding hydrogens is 444 g/mol. The normalized spacial score (nSPS) is 15.5. The van der Waals surface area contributed by atoms with E-state index in [0.29, 0.717) is 12.2 Å². The van der Waals surface area contributed by atoms with Crippen molar-refractivity contribution in [3.8, 4) is 0 Å². The van der Waals surface area contributed by atoms with E-state index in [-0.39, 0.29) is 18.8 Å². The molecule has 0 aliphatic heterocycles. The van der Waals surface area contributed by atoms with Gasteiger partial charge in [0.05, 0.1) is 6.61 Å². The molecule has 0 aliphatic carbocycles. The average molecular weight is 479 g/mol.